The number of hydrogen-bond acceptors (Lipinski definition) is 0. The van der Waals surface area contributed by atoms with E-state index in [2.05, 4.69) is 49.4 Å². The fraction of sp³-hybridized carbons (Fsp3) is 0.0909. The van der Waals surface area contributed by atoms with E-state index in [-0.39, 0.29) is 5.82 Å². The molecule has 0 N–H and O–H groups in total. The molecule has 0 saturated heterocycles. The molecule has 114 valence electrons. The fourth-order valence-electron chi connectivity index (χ4n) is 2.86. The minimum Gasteiger partial charge on any atom is -0.206 e. The minimum absolute atomic E-state index is 0.134. The van der Waals surface area contributed by atoms with E-state index in [1.54, 1.807) is 6.07 Å². The van der Waals surface area contributed by atoms with Crippen molar-refractivity contribution in [2.24, 2.45) is 0 Å². The zero-order valence-electron chi connectivity index (χ0n) is 13.4. The van der Waals surface area contributed by atoms with Gasteiger partial charge in [-0.1, -0.05) is 72.8 Å². The first-order chi connectivity index (χ1) is 11.2. The van der Waals surface area contributed by atoms with Crippen LogP contribution in [0.5, 0.6) is 0 Å². The molecule has 0 amide bonds. The van der Waals surface area contributed by atoms with Gasteiger partial charge in [0.25, 0.3) is 0 Å². The third kappa shape index (κ3) is 3.24. The van der Waals surface area contributed by atoms with Gasteiger partial charge in [0.05, 0.1) is 0 Å². The average Bonchev–Trinajstić information content (AvgIpc) is 2.56. The van der Waals surface area contributed by atoms with Crippen LogP contribution in [-0.4, -0.2) is 0 Å². The first-order valence-corrected chi connectivity index (χ1v) is 7.75. The van der Waals surface area contributed by atoms with Crippen molar-refractivity contribution < 1.29 is 4.39 Å². The smallest absolute Gasteiger partial charge is 0.131 e. The molecule has 0 aliphatic rings. The Hall–Kier alpha value is -2.67. The van der Waals surface area contributed by atoms with Crippen LogP contribution in [0.2, 0.25) is 0 Å². The Morgan fingerprint density at radius 1 is 0.565 bits per heavy atom. The molecule has 0 aliphatic carbocycles. The van der Waals surface area contributed by atoms with Gasteiger partial charge in [-0.2, -0.15) is 0 Å². The monoisotopic (exact) mass is 302 g/mol. The summed E-state index contributed by atoms with van der Waals surface area (Å²) in [4.78, 5) is 0. The lowest BCUT2D eigenvalue weighted by Gasteiger charge is -2.01. The molecule has 0 fully saturated rings. The fourth-order valence-corrected chi connectivity index (χ4v) is 2.86. The van der Waals surface area contributed by atoms with Gasteiger partial charge in [0, 0.05) is 5.39 Å². The SMILES string of the molecule is Cc1cccc2cccc(F)c12.Cc1cccc2ccccc12. The van der Waals surface area contributed by atoms with E-state index in [9.17, 15) is 4.39 Å². The van der Waals surface area contributed by atoms with E-state index < -0.39 is 0 Å². The van der Waals surface area contributed by atoms with Gasteiger partial charge < -0.3 is 0 Å². The van der Waals surface area contributed by atoms with Crippen molar-refractivity contribution in [3.05, 3.63) is 95.8 Å². The van der Waals surface area contributed by atoms with E-state index in [0.717, 1.165) is 16.3 Å². The molecule has 0 radical (unpaired) electrons. The van der Waals surface area contributed by atoms with Crippen molar-refractivity contribution in [3.8, 4) is 0 Å². The molecule has 4 aromatic carbocycles. The zero-order chi connectivity index (χ0) is 16.2. The average molecular weight is 302 g/mol. The first kappa shape index (κ1) is 15.2. The van der Waals surface area contributed by atoms with E-state index in [1.807, 2.05) is 31.2 Å². The van der Waals surface area contributed by atoms with E-state index >= 15 is 0 Å². The molecule has 0 aromatic heterocycles. The minimum atomic E-state index is -0.134. The van der Waals surface area contributed by atoms with Crippen LogP contribution in [0.1, 0.15) is 11.1 Å². The summed E-state index contributed by atoms with van der Waals surface area (Å²) < 4.78 is 13.2. The maximum absolute atomic E-state index is 13.2. The number of hydrogen-bond donors (Lipinski definition) is 0. The lowest BCUT2D eigenvalue weighted by molar-refractivity contribution is 0.639. The Balaban J connectivity index is 0.000000136. The summed E-state index contributed by atoms with van der Waals surface area (Å²) in [5.41, 5.74) is 2.34. The molecule has 0 unspecified atom stereocenters. The zero-order valence-corrected chi connectivity index (χ0v) is 13.4. The van der Waals surface area contributed by atoms with Crippen molar-refractivity contribution in [2.45, 2.75) is 13.8 Å². The number of rotatable bonds is 0. The van der Waals surface area contributed by atoms with Gasteiger partial charge in [-0.15, -0.1) is 0 Å². The van der Waals surface area contributed by atoms with E-state index in [0.29, 0.717) is 0 Å². The second-order valence-electron chi connectivity index (χ2n) is 5.71. The van der Waals surface area contributed by atoms with Crippen LogP contribution < -0.4 is 0 Å². The second-order valence-corrected chi connectivity index (χ2v) is 5.71. The van der Waals surface area contributed by atoms with Crippen LogP contribution in [0.4, 0.5) is 4.39 Å². The van der Waals surface area contributed by atoms with Gasteiger partial charge in [-0.05, 0) is 47.2 Å². The van der Waals surface area contributed by atoms with Crippen molar-refractivity contribution in [1.29, 1.82) is 0 Å². The van der Waals surface area contributed by atoms with E-state index in [4.69, 9.17) is 0 Å². The molecule has 0 atom stereocenters. The van der Waals surface area contributed by atoms with Gasteiger partial charge in [-0.3, -0.25) is 0 Å². The Kier molecular flexibility index (Phi) is 4.38. The summed E-state index contributed by atoms with van der Waals surface area (Å²) in [7, 11) is 0. The van der Waals surface area contributed by atoms with E-state index in [1.165, 1.54) is 22.4 Å². The number of fused-ring (bicyclic) bond motifs is 2. The largest absolute Gasteiger partial charge is 0.206 e. The predicted molar refractivity (Wildman–Crippen MR) is 97.3 cm³/mol. The molecule has 23 heavy (non-hydrogen) atoms. The maximum Gasteiger partial charge on any atom is 0.131 e. The second kappa shape index (κ2) is 6.62. The van der Waals surface area contributed by atoms with Crippen molar-refractivity contribution in [1.82, 2.24) is 0 Å². The lowest BCUT2D eigenvalue weighted by Crippen LogP contribution is -1.82. The van der Waals surface area contributed by atoms with Crippen molar-refractivity contribution >= 4 is 21.5 Å². The van der Waals surface area contributed by atoms with Gasteiger partial charge in [0.15, 0.2) is 0 Å². The van der Waals surface area contributed by atoms with Crippen LogP contribution in [0.3, 0.4) is 0 Å². The molecular formula is C22H19F. The standard InChI is InChI=1S/C11H9F.C11H10/c1-8-4-2-5-9-6-3-7-10(12)11(8)9;1-9-5-4-7-10-6-2-3-8-11(9)10/h2-7H,1H3;2-8H,1H3. The molecule has 0 heterocycles. The highest BCUT2D eigenvalue weighted by Gasteiger charge is 2.00. The third-order valence-corrected chi connectivity index (χ3v) is 4.07. The molecule has 0 spiro atoms. The summed E-state index contributed by atoms with van der Waals surface area (Å²) in [6.07, 6.45) is 0. The van der Waals surface area contributed by atoms with Crippen molar-refractivity contribution in [2.75, 3.05) is 0 Å². The molecule has 0 nitrogen and oxygen atoms in total. The normalized spacial score (nSPS) is 10.4. The van der Waals surface area contributed by atoms with Gasteiger partial charge in [0.2, 0.25) is 0 Å². The van der Waals surface area contributed by atoms with Crippen LogP contribution in [0.15, 0.2) is 78.9 Å². The molecule has 4 rings (SSSR count). The lowest BCUT2D eigenvalue weighted by atomic mass is 10.1. The molecule has 1 heteroatoms. The highest BCUT2D eigenvalue weighted by molar-refractivity contribution is 5.86. The number of benzene rings is 4. The summed E-state index contributed by atoms with van der Waals surface area (Å²) in [5, 5.41) is 4.39. The Morgan fingerprint density at radius 2 is 1.13 bits per heavy atom. The van der Waals surface area contributed by atoms with Crippen LogP contribution in [0.25, 0.3) is 21.5 Å². The van der Waals surface area contributed by atoms with Crippen LogP contribution in [-0.2, 0) is 0 Å². The van der Waals surface area contributed by atoms with Crippen LogP contribution >= 0.6 is 0 Å². The number of aryl methyl sites for hydroxylation is 2. The first-order valence-electron chi connectivity index (χ1n) is 7.75. The van der Waals surface area contributed by atoms with Gasteiger partial charge >= 0.3 is 0 Å². The predicted octanol–water partition coefficient (Wildman–Crippen LogP) is 6.44. The summed E-state index contributed by atoms with van der Waals surface area (Å²) in [5.74, 6) is -0.134. The molecular weight excluding hydrogens is 283 g/mol. The Labute approximate surface area is 136 Å². The van der Waals surface area contributed by atoms with Crippen molar-refractivity contribution in [3.63, 3.8) is 0 Å². The summed E-state index contributed by atoms with van der Waals surface area (Å²) in [6, 6.07) is 25.8. The van der Waals surface area contributed by atoms with Gasteiger partial charge in [-0.25, -0.2) is 4.39 Å². The highest BCUT2D eigenvalue weighted by atomic mass is 19.1. The quantitative estimate of drug-likeness (QED) is 0.351. The molecule has 0 aliphatic heterocycles. The third-order valence-electron chi connectivity index (χ3n) is 4.07. The maximum atomic E-state index is 13.2. The topological polar surface area (TPSA) is 0 Å². The number of halogens is 1. The van der Waals surface area contributed by atoms with Crippen LogP contribution in [0, 0.1) is 19.7 Å². The van der Waals surface area contributed by atoms with Gasteiger partial charge in [0.1, 0.15) is 5.82 Å². The molecule has 0 saturated carbocycles. The summed E-state index contributed by atoms with van der Waals surface area (Å²) >= 11 is 0. The Morgan fingerprint density at radius 3 is 1.83 bits per heavy atom. The molecule has 4 aromatic rings. The molecule has 0 bridgehead atoms. The summed E-state index contributed by atoms with van der Waals surface area (Å²) in [6.45, 7) is 4.06. The Bertz CT molecular complexity index is 912. The highest BCUT2D eigenvalue weighted by Crippen LogP contribution is 2.20.